The third-order valence-corrected chi connectivity index (χ3v) is 0.274. The van der Waals surface area contributed by atoms with Gasteiger partial charge >= 0.3 is 6.29 Å². The molecule has 0 atom stereocenters. The summed E-state index contributed by atoms with van der Waals surface area (Å²) < 4.78 is 22.4. The molecule has 4 nitrogen and oxygen atoms in total. The first-order chi connectivity index (χ1) is 3.12. The molecule has 4 N–H and O–H groups in total. The first kappa shape index (κ1) is 6.70. The zero-order valence-electron chi connectivity index (χ0n) is 3.23. The Morgan fingerprint density at radius 3 is 1.43 bits per heavy atom. The van der Waals surface area contributed by atoms with Gasteiger partial charge in [-0.2, -0.15) is 0 Å². The van der Waals surface area contributed by atoms with Crippen molar-refractivity contribution in [1.82, 2.24) is 0 Å². The Bertz CT molecular complexity index is 51.7. The Hall–Kier alpha value is -0.300. The molecule has 0 aromatic rings. The Morgan fingerprint density at radius 1 is 1.14 bits per heavy atom. The fraction of sp³-hybridized carbons (Fsp3) is 1.00. The van der Waals surface area contributed by atoms with Crippen LogP contribution < -0.4 is 11.8 Å². The molecule has 0 unspecified atom stereocenters. The van der Waals surface area contributed by atoms with E-state index >= 15 is 0 Å². The monoisotopic (exact) mass is 114 g/mol. The maximum atomic E-state index is 11.2. The maximum Gasteiger partial charge on any atom is 0.517 e. The van der Waals surface area contributed by atoms with Crippen molar-refractivity contribution in [3.8, 4) is 0 Å². The topological polar surface area (TPSA) is 70.5 Å². The van der Waals surface area contributed by atoms with Gasteiger partial charge in [0.05, 0.1) is 0 Å². The Morgan fingerprint density at radius 2 is 1.43 bits per heavy atom. The van der Waals surface area contributed by atoms with Gasteiger partial charge in [0.25, 0.3) is 0 Å². The van der Waals surface area contributed by atoms with Crippen LogP contribution in [0.1, 0.15) is 0 Å². The summed E-state index contributed by atoms with van der Waals surface area (Å²) >= 11 is 0. The quantitative estimate of drug-likeness (QED) is 0.368. The second-order valence-corrected chi connectivity index (χ2v) is 0.699. The van der Waals surface area contributed by atoms with Gasteiger partial charge in [0.2, 0.25) is 0 Å². The molecule has 0 saturated heterocycles. The van der Waals surface area contributed by atoms with Crippen molar-refractivity contribution in [2.75, 3.05) is 0 Å². The van der Waals surface area contributed by atoms with Crippen molar-refractivity contribution in [3.63, 3.8) is 0 Å². The normalized spacial score (nSPS) is 12.0. The van der Waals surface area contributed by atoms with Crippen LogP contribution in [0.15, 0.2) is 0 Å². The molecule has 0 amide bonds. The molecule has 0 aliphatic rings. The molecule has 0 aliphatic heterocycles. The minimum atomic E-state index is -3.86. The lowest BCUT2D eigenvalue weighted by atomic mass is 11.3. The van der Waals surface area contributed by atoms with E-state index in [0.29, 0.717) is 0 Å². The zero-order valence-corrected chi connectivity index (χ0v) is 3.23. The van der Waals surface area contributed by atoms with Crippen LogP contribution in [-0.2, 0) is 9.68 Å². The molecule has 0 spiro atoms. The van der Waals surface area contributed by atoms with Crippen LogP contribution in [0.3, 0.4) is 0 Å². The van der Waals surface area contributed by atoms with Gasteiger partial charge in [0.1, 0.15) is 0 Å². The van der Waals surface area contributed by atoms with E-state index in [9.17, 15) is 8.78 Å². The second-order valence-electron chi connectivity index (χ2n) is 0.699. The molecule has 0 bridgehead atoms. The smallest absolute Gasteiger partial charge is 0.209 e. The van der Waals surface area contributed by atoms with Crippen LogP contribution >= 0.6 is 0 Å². The number of hydrogen-bond donors (Lipinski definition) is 2. The molecule has 44 valence electrons. The average Bonchev–Trinajstić information content (AvgIpc) is 1.68. The Kier molecular flexibility index (Phi) is 2.03. The highest BCUT2D eigenvalue weighted by atomic mass is 19.3. The van der Waals surface area contributed by atoms with Gasteiger partial charge in [0.15, 0.2) is 0 Å². The highest BCUT2D eigenvalue weighted by Crippen LogP contribution is 2.09. The van der Waals surface area contributed by atoms with Crippen molar-refractivity contribution in [1.29, 1.82) is 0 Å². The molecular weight excluding hydrogens is 110 g/mol. The van der Waals surface area contributed by atoms with Gasteiger partial charge in [-0.1, -0.05) is 0 Å². The van der Waals surface area contributed by atoms with Crippen molar-refractivity contribution >= 4 is 0 Å². The summed E-state index contributed by atoms with van der Waals surface area (Å²) in [4.78, 5) is 5.81. The zero-order chi connectivity index (χ0) is 5.91. The molecular formula is CH4F2N2O2. The predicted molar refractivity (Wildman–Crippen MR) is 15.5 cm³/mol. The van der Waals surface area contributed by atoms with Crippen LogP contribution in [0.2, 0.25) is 0 Å². The van der Waals surface area contributed by atoms with Gasteiger partial charge < -0.3 is 0 Å². The summed E-state index contributed by atoms with van der Waals surface area (Å²) in [6.07, 6.45) is -3.86. The second kappa shape index (κ2) is 2.12. The number of hydrogen-bond acceptors (Lipinski definition) is 4. The third kappa shape index (κ3) is 2.40. The van der Waals surface area contributed by atoms with Crippen molar-refractivity contribution in [2.24, 2.45) is 11.8 Å². The third-order valence-electron chi connectivity index (χ3n) is 0.274. The first-order valence-corrected chi connectivity index (χ1v) is 1.26. The van der Waals surface area contributed by atoms with Crippen LogP contribution in [0.25, 0.3) is 0 Å². The predicted octanol–water partition coefficient (Wildman–Crippen LogP) is -0.683. The Labute approximate surface area is 37.9 Å². The van der Waals surface area contributed by atoms with E-state index in [2.05, 4.69) is 21.5 Å². The average molecular weight is 114 g/mol. The lowest BCUT2D eigenvalue weighted by Gasteiger charge is -2.06. The summed E-state index contributed by atoms with van der Waals surface area (Å²) in [5, 5.41) is 0. The molecule has 0 radical (unpaired) electrons. The SMILES string of the molecule is NOC(F)(F)ON. The fourth-order valence-corrected chi connectivity index (χ4v) is 0.0278. The molecule has 0 aliphatic carbocycles. The Balaban J connectivity index is 3.36. The summed E-state index contributed by atoms with van der Waals surface area (Å²) in [6.45, 7) is 0. The number of halogens is 2. The molecule has 0 saturated carbocycles. The first-order valence-electron chi connectivity index (χ1n) is 1.26. The van der Waals surface area contributed by atoms with Crippen LogP contribution in [0.4, 0.5) is 8.78 Å². The van der Waals surface area contributed by atoms with E-state index in [-0.39, 0.29) is 0 Å². The summed E-state index contributed by atoms with van der Waals surface area (Å²) in [5.41, 5.74) is 0. The van der Waals surface area contributed by atoms with E-state index in [0.717, 1.165) is 0 Å². The summed E-state index contributed by atoms with van der Waals surface area (Å²) in [7, 11) is 0. The minimum Gasteiger partial charge on any atom is -0.209 e. The highest BCUT2D eigenvalue weighted by Gasteiger charge is 2.29. The molecule has 0 aromatic heterocycles. The van der Waals surface area contributed by atoms with Crippen molar-refractivity contribution < 1.29 is 18.5 Å². The van der Waals surface area contributed by atoms with E-state index in [4.69, 9.17) is 0 Å². The lowest BCUT2D eigenvalue weighted by Crippen LogP contribution is -2.31. The number of nitrogens with two attached hydrogens (primary N) is 2. The van der Waals surface area contributed by atoms with Gasteiger partial charge in [-0.05, 0) is 0 Å². The number of rotatable bonds is 2. The molecule has 0 aromatic carbocycles. The van der Waals surface area contributed by atoms with Crippen LogP contribution in [-0.4, -0.2) is 6.29 Å². The van der Waals surface area contributed by atoms with E-state index < -0.39 is 6.29 Å². The minimum absolute atomic E-state index is 2.91. The van der Waals surface area contributed by atoms with Crippen LogP contribution in [0.5, 0.6) is 0 Å². The summed E-state index contributed by atoms with van der Waals surface area (Å²) in [6, 6.07) is 0. The van der Waals surface area contributed by atoms with Gasteiger partial charge in [-0.3, -0.25) is 0 Å². The van der Waals surface area contributed by atoms with Crippen molar-refractivity contribution in [3.05, 3.63) is 0 Å². The molecule has 7 heavy (non-hydrogen) atoms. The summed E-state index contributed by atoms with van der Waals surface area (Å²) in [5.74, 6) is 7.92. The standard InChI is InChI=1S/CH4F2N2O2/c2-1(3,6-4)7-5/h4-5H2. The van der Waals surface area contributed by atoms with Gasteiger partial charge in [-0.15, -0.1) is 8.78 Å². The van der Waals surface area contributed by atoms with E-state index in [1.54, 1.807) is 0 Å². The largest absolute Gasteiger partial charge is 0.517 e. The van der Waals surface area contributed by atoms with E-state index in [1.165, 1.54) is 0 Å². The van der Waals surface area contributed by atoms with E-state index in [1.807, 2.05) is 0 Å². The fourth-order valence-electron chi connectivity index (χ4n) is 0.0278. The van der Waals surface area contributed by atoms with Gasteiger partial charge in [-0.25, -0.2) is 21.5 Å². The lowest BCUT2D eigenvalue weighted by molar-refractivity contribution is -0.398. The number of alkyl halides is 2. The molecule has 0 fully saturated rings. The molecule has 6 heteroatoms. The van der Waals surface area contributed by atoms with Gasteiger partial charge in [0, 0.05) is 0 Å². The molecule has 0 heterocycles. The highest BCUT2D eigenvalue weighted by molar-refractivity contribution is 4.17. The van der Waals surface area contributed by atoms with Crippen LogP contribution in [0, 0.1) is 0 Å². The molecule has 0 rings (SSSR count). The maximum absolute atomic E-state index is 11.2. The van der Waals surface area contributed by atoms with Crippen molar-refractivity contribution in [2.45, 2.75) is 6.29 Å².